The average Bonchev–Trinajstić information content (AvgIpc) is 3.24. The SMILES string of the molecule is CC(C)c1ccc(-c2nc3cc(N4C[C@H](C(=O)Cl)CC4=O)ccc3o2)cc1. The van der Waals surface area contributed by atoms with Gasteiger partial charge < -0.3 is 9.32 Å². The van der Waals surface area contributed by atoms with Crippen LogP contribution in [0.3, 0.4) is 0 Å². The third-order valence-corrected chi connectivity index (χ3v) is 5.26. The molecule has 1 fully saturated rings. The van der Waals surface area contributed by atoms with Gasteiger partial charge in [0.15, 0.2) is 5.58 Å². The molecular formula is C21H19ClN2O3. The Labute approximate surface area is 161 Å². The first-order valence-corrected chi connectivity index (χ1v) is 9.31. The van der Waals surface area contributed by atoms with Gasteiger partial charge in [-0.05, 0) is 53.4 Å². The molecule has 1 aliphatic heterocycles. The van der Waals surface area contributed by atoms with Crippen molar-refractivity contribution in [1.29, 1.82) is 0 Å². The van der Waals surface area contributed by atoms with Gasteiger partial charge in [0.2, 0.25) is 17.0 Å². The van der Waals surface area contributed by atoms with Crippen molar-refractivity contribution in [3.63, 3.8) is 0 Å². The Morgan fingerprint density at radius 1 is 1.22 bits per heavy atom. The van der Waals surface area contributed by atoms with Crippen LogP contribution in [0.2, 0.25) is 0 Å². The molecule has 6 heteroatoms. The number of rotatable bonds is 4. The molecule has 0 N–H and O–H groups in total. The Bertz CT molecular complexity index is 1020. The van der Waals surface area contributed by atoms with Gasteiger partial charge in [-0.25, -0.2) is 4.98 Å². The summed E-state index contributed by atoms with van der Waals surface area (Å²) < 4.78 is 5.87. The number of halogens is 1. The number of amides is 1. The average molecular weight is 383 g/mol. The van der Waals surface area contributed by atoms with E-state index in [1.54, 1.807) is 17.0 Å². The van der Waals surface area contributed by atoms with Crippen molar-refractivity contribution in [1.82, 2.24) is 4.98 Å². The topological polar surface area (TPSA) is 63.4 Å². The summed E-state index contributed by atoms with van der Waals surface area (Å²) in [4.78, 5) is 29.7. The Balaban J connectivity index is 1.64. The first kappa shape index (κ1) is 17.7. The van der Waals surface area contributed by atoms with Crippen molar-refractivity contribution < 1.29 is 14.0 Å². The summed E-state index contributed by atoms with van der Waals surface area (Å²) in [5.41, 5.74) is 4.18. The Hall–Kier alpha value is -2.66. The fraction of sp³-hybridized carbons (Fsp3) is 0.286. The van der Waals surface area contributed by atoms with E-state index in [1.807, 2.05) is 18.2 Å². The maximum absolute atomic E-state index is 12.2. The molecule has 0 aliphatic carbocycles. The van der Waals surface area contributed by atoms with E-state index < -0.39 is 11.2 Å². The minimum Gasteiger partial charge on any atom is -0.436 e. The van der Waals surface area contributed by atoms with Gasteiger partial charge in [-0.2, -0.15) is 0 Å². The highest BCUT2D eigenvalue weighted by Crippen LogP contribution is 2.31. The summed E-state index contributed by atoms with van der Waals surface area (Å²) >= 11 is 5.55. The second kappa shape index (κ2) is 6.82. The van der Waals surface area contributed by atoms with Gasteiger partial charge in [-0.15, -0.1) is 0 Å². The summed E-state index contributed by atoms with van der Waals surface area (Å²) in [6.45, 7) is 4.60. The quantitative estimate of drug-likeness (QED) is 0.611. The number of hydrogen-bond donors (Lipinski definition) is 0. The van der Waals surface area contributed by atoms with E-state index in [-0.39, 0.29) is 12.3 Å². The van der Waals surface area contributed by atoms with E-state index in [1.165, 1.54) is 5.56 Å². The molecule has 1 aromatic heterocycles. The van der Waals surface area contributed by atoms with Gasteiger partial charge in [0.1, 0.15) is 5.52 Å². The largest absolute Gasteiger partial charge is 0.436 e. The summed E-state index contributed by atoms with van der Waals surface area (Å²) in [6, 6.07) is 13.6. The number of carbonyl (C=O) groups excluding carboxylic acids is 2. The molecular weight excluding hydrogens is 364 g/mol. The summed E-state index contributed by atoms with van der Waals surface area (Å²) in [5.74, 6) is 0.439. The number of aromatic nitrogens is 1. The predicted molar refractivity (Wildman–Crippen MR) is 105 cm³/mol. The molecule has 1 amide bonds. The molecule has 0 saturated carbocycles. The molecule has 2 aromatic carbocycles. The highest BCUT2D eigenvalue weighted by molar-refractivity contribution is 6.64. The number of hydrogen-bond acceptors (Lipinski definition) is 4. The van der Waals surface area contributed by atoms with Crippen LogP contribution < -0.4 is 4.90 Å². The zero-order valence-electron chi connectivity index (χ0n) is 15.1. The highest BCUT2D eigenvalue weighted by atomic mass is 35.5. The van der Waals surface area contributed by atoms with Crippen LogP contribution in [0.1, 0.15) is 31.7 Å². The second-order valence-corrected chi connectivity index (χ2v) is 7.53. The zero-order valence-corrected chi connectivity index (χ0v) is 15.9. The van der Waals surface area contributed by atoms with Crippen molar-refractivity contribution >= 4 is 39.5 Å². The van der Waals surface area contributed by atoms with Crippen molar-refractivity contribution in [3.05, 3.63) is 48.0 Å². The number of benzene rings is 2. The van der Waals surface area contributed by atoms with E-state index in [4.69, 9.17) is 16.0 Å². The number of carbonyl (C=O) groups is 2. The van der Waals surface area contributed by atoms with Gasteiger partial charge in [0, 0.05) is 24.2 Å². The molecule has 2 heterocycles. The fourth-order valence-electron chi connectivity index (χ4n) is 3.33. The summed E-state index contributed by atoms with van der Waals surface area (Å²) in [6.07, 6.45) is 0.145. The maximum atomic E-state index is 12.2. The lowest BCUT2D eigenvalue weighted by Gasteiger charge is -2.15. The van der Waals surface area contributed by atoms with E-state index in [0.29, 0.717) is 35.1 Å². The normalized spacial score (nSPS) is 17.3. The van der Waals surface area contributed by atoms with Crippen LogP contribution >= 0.6 is 11.6 Å². The molecule has 5 nitrogen and oxygen atoms in total. The molecule has 4 rings (SSSR count). The van der Waals surface area contributed by atoms with Crippen LogP contribution in [0.4, 0.5) is 5.69 Å². The third kappa shape index (κ3) is 3.35. The number of oxazole rings is 1. The predicted octanol–water partition coefficient (Wildman–Crippen LogP) is 4.74. The molecule has 1 atom stereocenters. The minimum absolute atomic E-state index is 0.110. The molecule has 3 aromatic rings. The van der Waals surface area contributed by atoms with E-state index in [9.17, 15) is 9.59 Å². The zero-order chi connectivity index (χ0) is 19.1. The van der Waals surface area contributed by atoms with Gasteiger partial charge in [0.05, 0.1) is 5.92 Å². The lowest BCUT2D eigenvalue weighted by Crippen LogP contribution is -2.25. The first-order valence-electron chi connectivity index (χ1n) is 8.93. The van der Waals surface area contributed by atoms with E-state index >= 15 is 0 Å². The van der Waals surface area contributed by atoms with Gasteiger partial charge >= 0.3 is 0 Å². The molecule has 0 radical (unpaired) electrons. The molecule has 138 valence electrons. The number of fused-ring (bicyclic) bond motifs is 1. The fourth-order valence-corrected chi connectivity index (χ4v) is 3.47. The van der Waals surface area contributed by atoms with Gasteiger partial charge in [-0.1, -0.05) is 26.0 Å². The van der Waals surface area contributed by atoms with Gasteiger partial charge in [-0.3, -0.25) is 9.59 Å². The van der Waals surface area contributed by atoms with Crippen LogP contribution in [0.15, 0.2) is 46.9 Å². The summed E-state index contributed by atoms with van der Waals surface area (Å²) in [7, 11) is 0. The molecule has 1 saturated heterocycles. The van der Waals surface area contributed by atoms with E-state index in [0.717, 1.165) is 5.56 Å². The summed E-state index contributed by atoms with van der Waals surface area (Å²) in [5, 5.41) is -0.472. The van der Waals surface area contributed by atoms with Crippen molar-refractivity contribution in [2.24, 2.45) is 5.92 Å². The second-order valence-electron chi connectivity index (χ2n) is 7.16. The standard InChI is InChI=1S/C21H19ClN2O3/c1-12(2)13-3-5-14(6-4-13)21-23-17-10-16(7-8-18(17)27-21)24-11-15(20(22)26)9-19(24)25/h3-8,10,12,15H,9,11H2,1-2H3/t15-/m1/s1. The van der Waals surface area contributed by atoms with Crippen molar-refractivity contribution in [2.75, 3.05) is 11.4 Å². The highest BCUT2D eigenvalue weighted by Gasteiger charge is 2.34. The van der Waals surface area contributed by atoms with Crippen LogP contribution in [-0.4, -0.2) is 22.7 Å². The smallest absolute Gasteiger partial charge is 0.227 e. The van der Waals surface area contributed by atoms with Crippen molar-refractivity contribution in [3.8, 4) is 11.5 Å². The van der Waals surface area contributed by atoms with Gasteiger partial charge in [0.25, 0.3) is 0 Å². The van der Waals surface area contributed by atoms with E-state index in [2.05, 4.69) is 31.0 Å². The van der Waals surface area contributed by atoms with Crippen molar-refractivity contribution in [2.45, 2.75) is 26.2 Å². The monoisotopic (exact) mass is 382 g/mol. The Morgan fingerprint density at radius 3 is 2.59 bits per heavy atom. The molecule has 0 spiro atoms. The van der Waals surface area contributed by atoms with Crippen LogP contribution in [0.5, 0.6) is 0 Å². The first-order chi connectivity index (χ1) is 12.9. The van der Waals surface area contributed by atoms with Crippen LogP contribution in [0, 0.1) is 5.92 Å². The Morgan fingerprint density at radius 2 is 1.96 bits per heavy atom. The van der Waals surface area contributed by atoms with Crippen LogP contribution in [0.25, 0.3) is 22.6 Å². The lowest BCUT2D eigenvalue weighted by molar-refractivity contribution is -0.120. The molecule has 27 heavy (non-hydrogen) atoms. The minimum atomic E-state index is -0.472. The lowest BCUT2D eigenvalue weighted by atomic mass is 10.0. The maximum Gasteiger partial charge on any atom is 0.227 e. The number of anilines is 1. The van der Waals surface area contributed by atoms with Crippen LogP contribution in [-0.2, 0) is 9.59 Å². The molecule has 1 aliphatic rings. The Kier molecular flexibility index (Phi) is 4.48. The third-order valence-electron chi connectivity index (χ3n) is 4.95. The number of nitrogens with zero attached hydrogens (tertiary/aromatic N) is 2. The molecule has 0 unspecified atom stereocenters. The molecule has 0 bridgehead atoms.